The molecule has 1 aliphatic rings. The number of likely N-dealkylation sites (tertiary alicyclic amines) is 1. The molecule has 126 valence electrons. The number of rotatable bonds is 4. The summed E-state index contributed by atoms with van der Waals surface area (Å²) in [7, 11) is 0. The maximum absolute atomic E-state index is 6.14. The predicted molar refractivity (Wildman–Crippen MR) is 95.9 cm³/mol. The van der Waals surface area contributed by atoms with E-state index in [2.05, 4.69) is 52.7 Å². The highest BCUT2D eigenvalue weighted by Gasteiger charge is 2.22. The maximum atomic E-state index is 6.14. The zero-order valence-electron chi connectivity index (χ0n) is 14.5. The van der Waals surface area contributed by atoms with Crippen molar-refractivity contribution in [1.29, 1.82) is 0 Å². The molecule has 4 nitrogen and oxygen atoms in total. The van der Waals surface area contributed by atoms with Gasteiger partial charge in [-0.05, 0) is 56.8 Å². The Hall–Kier alpha value is -2.07. The predicted octanol–water partition coefficient (Wildman–Crippen LogP) is 4.16. The Morgan fingerprint density at radius 1 is 1.29 bits per heavy atom. The van der Waals surface area contributed by atoms with Crippen LogP contribution in [-0.2, 0) is 13.1 Å². The molecule has 1 saturated heterocycles. The van der Waals surface area contributed by atoms with E-state index in [-0.39, 0.29) is 0 Å². The number of hydrogen-bond acceptors (Lipinski definition) is 3. The Morgan fingerprint density at radius 2 is 2.21 bits per heavy atom. The van der Waals surface area contributed by atoms with Gasteiger partial charge in [-0.25, -0.2) is 4.98 Å². The fourth-order valence-corrected chi connectivity index (χ4v) is 3.88. The largest absolute Gasteiger partial charge is 0.459 e. The van der Waals surface area contributed by atoms with E-state index in [1.165, 1.54) is 29.4 Å². The second-order valence-corrected chi connectivity index (χ2v) is 7.15. The summed E-state index contributed by atoms with van der Waals surface area (Å²) in [5, 5.41) is 1.26. The van der Waals surface area contributed by atoms with E-state index in [1.54, 1.807) is 0 Å². The number of aromatic nitrogens is 2. The third kappa shape index (κ3) is 3.11. The molecule has 1 aliphatic heterocycles. The van der Waals surface area contributed by atoms with E-state index in [1.807, 2.05) is 12.5 Å². The van der Waals surface area contributed by atoms with E-state index < -0.39 is 0 Å². The summed E-state index contributed by atoms with van der Waals surface area (Å²) < 4.78 is 8.34. The molecule has 4 rings (SSSR count). The van der Waals surface area contributed by atoms with E-state index >= 15 is 0 Å². The van der Waals surface area contributed by atoms with Gasteiger partial charge in [0.05, 0.1) is 12.9 Å². The van der Waals surface area contributed by atoms with Crippen molar-refractivity contribution in [2.45, 2.75) is 39.8 Å². The van der Waals surface area contributed by atoms with Crippen molar-refractivity contribution < 1.29 is 4.42 Å². The molecule has 0 bridgehead atoms. The normalized spacial score (nSPS) is 19.2. The topological polar surface area (TPSA) is 34.2 Å². The summed E-state index contributed by atoms with van der Waals surface area (Å²) in [4.78, 5) is 6.70. The first-order valence-corrected chi connectivity index (χ1v) is 8.86. The minimum absolute atomic E-state index is 0.694. The summed E-state index contributed by atoms with van der Waals surface area (Å²) in [6, 6.07) is 6.45. The molecule has 0 saturated carbocycles. The molecule has 4 heteroatoms. The molecule has 0 amide bonds. The molecule has 1 atom stereocenters. The number of hydrogen-bond donors (Lipinski definition) is 0. The molecule has 0 unspecified atom stereocenters. The molecule has 1 fully saturated rings. The van der Waals surface area contributed by atoms with Crippen molar-refractivity contribution in [1.82, 2.24) is 14.5 Å². The van der Waals surface area contributed by atoms with Crippen molar-refractivity contribution in [2.75, 3.05) is 13.1 Å². The molecule has 0 spiro atoms. The lowest BCUT2D eigenvalue weighted by Crippen LogP contribution is -2.36. The average Bonchev–Trinajstić information content (AvgIpc) is 3.18. The number of furan rings is 1. The Balaban J connectivity index is 1.47. The highest BCUT2D eigenvalue weighted by molar-refractivity contribution is 5.82. The van der Waals surface area contributed by atoms with Crippen molar-refractivity contribution in [3.63, 3.8) is 0 Å². The first-order valence-electron chi connectivity index (χ1n) is 8.86. The van der Waals surface area contributed by atoms with Crippen LogP contribution in [0.15, 0.2) is 41.3 Å². The zero-order valence-corrected chi connectivity index (χ0v) is 14.5. The van der Waals surface area contributed by atoms with Crippen molar-refractivity contribution in [3.05, 3.63) is 53.8 Å². The van der Waals surface area contributed by atoms with E-state index in [4.69, 9.17) is 4.42 Å². The third-order valence-electron chi connectivity index (χ3n) is 5.19. The van der Waals surface area contributed by atoms with Crippen LogP contribution in [0, 0.1) is 19.8 Å². The molecule has 0 aliphatic carbocycles. The minimum Gasteiger partial charge on any atom is -0.459 e. The summed E-state index contributed by atoms with van der Waals surface area (Å²) in [6.45, 7) is 8.60. The Kier molecular flexibility index (Phi) is 4.15. The Morgan fingerprint density at radius 3 is 3.04 bits per heavy atom. The fourth-order valence-electron chi connectivity index (χ4n) is 3.88. The zero-order chi connectivity index (χ0) is 16.5. The number of fused-ring (bicyclic) bond motifs is 1. The number of aryl methyl sites for hydroxylation is 2. The Bertz CT molecular complexity index is 819. The van der Waals surface area contributed by atoms with Crippen LogP contribution in [0.5, 0.6) is 0 Å². The maximum Gasteiger partial charge on any atom is 0.134 e. The van der Waals surface area contributed by atoms with Crippen LogP contribution in [0.3, 0.4) is 0 Å². The fraction of sp³-hybridized carbons (Fsp3) is 0.450. The van der Waals surface area contributed by atoms with Crippen LogP contribution in [0.2, 0.25) is 0 Å². The highest BCUT2D eigenvalue weighted by atomic mass is 16.3. The van der Waals surface area contributed by atoms with Gasteiger partial charge < -0.3 is 8.98 Å². The van der Waals surface area contributed by atoms with E-state index in [9.17, 15) is 0 Å². The van der Waals surface area contributed by atoms with Crippen LogP contribution in [-0.4, -0.2) is 27.5 Å². The van der Waals surface area contributed by atoms with Gasteiger partial charge in [-0.2, -0.15) is 0 Å². The Labute approximate surface area is 143 Å². The molecule has 3 aromatic rings. The van der Waals surface area contributed by atoms with Gasteiger partial charge >= 0.3 is 0 Å². The van der Waals surface area contributed by atoms with Gasteiger partial charge in [0.2, 0.25) is 0 Å². The lowest BCUT2D eigenvalue weighted by molar-refractivity contribution is 0.147. The third-order valence-corrected chi connectivity index (χ3v) is 5.19. The van der Waals surface area contributed by atoms with Crippen molar-refractivity contribution in [2.24, 2.45) is 5.92 Å². The van der Waals surface area contributed by atoms with Crippen molar-refractivity contribution >= 4 is 11.0 Å². The SMILES string of the molecule is Cc1ccc2oc(CN3CCC[C@H](Cn4ccnc4)C3)c(C)c2c1. The van der Waals surface area contributed by atoms with E-state index in [0.717, 1.165) is 37.5 Å². The summed E-state index contributed by atoms with van der Waals surface area (Å²) in [5.41, 5.74) is 3.60. The van der Waals surface area contributed by atoms with Gasteiger partial charge in [0.1, 0.15) is 11.3 Å². The highest BCUT2D eigenvalue weighted by Crippen LogP contribution is 2.28. The smallest absolute Gasteiger partial charge is 0.134 e. The van der Waals surface area contributed by atoms with Crippen LogP contribution >= 0.6 is 0 Å². The number of benzene rings is 1. The van der Waals surface area contributed by atoms with Crippen LogP contribution in [0.1, 0.15) is 29.7 Å². The molecular weight excluding hydrogens is 298 g/mol. The summed E-state index contributed by atoms with van der Waals surface area (Å²) in [6.07, 6.45) is 8.40. The molecule has 3 heterocycles. The second-order valence-electron chi connectivity index (χ2n) is 7.15. The quantitative estimate of drug-likeness (QED) is 0.723. The second kappa shape index (κ2) is 6.44. The van der Waals surface area contributed by atoms with Crippen LogP contribution < -0.4 is 0 Å². The molecular formula is C20H25N3O. The molecule has 24 heavy (non-hydrogen) atoms. The monoisotopic (exact) mass is 323 g/mol. The van der Waals surface area contributed by atoms with Gasteiger partial charge in [-0.1, -0.05) is 11.6 Å². The summed E-state index contributed by atoms with van der Waals surface area (Å²) in [5.74, 6) is 1.82. The lowest BCUT2D eigenvalue weighted by atomic mass is 9.97. The first kappa shape index (κ1) is 15.5. The van der Waals surface area contributed by atoms with Crippen LogP contribution in [0.4, 0.5) is 0 Å². The lowest BCUT2D eigenvalue weighted by Gasteiger charge is -2.32. The number of imidazole rings is 1. The molecule has 0 radical (unpaired) electrons. The van der Waals surface area contributed by atoms with Gasteiger partial charge in [0, 0.05) is 30.9 Å². The first-order chi connectivity index (χ1) is 11.7. The number of nitrogens with zero attached hydrogens (tertiary/aromatic N) is 3. The molecule has 2 aromatic heterocycles. The minimum atomic E-state index is 0.694. The standard InChI is InChI=1S/C20H25N3O/c1-15-5-6-19-18(10-15)16(2)20(24-19)13-22-8-3-4-17(11-22)12-23-9-7-21-14-23/h5-7,9-10,14,17H,3-4,8,11-13H2,1-2H3/t17-/m0/s1. The molecule has 0 N–H and O–H groups in total. The van der Waals surface area contributed by atoms with Gasteiger partial charge in [-0.3, -0.25) is 4.90 Å². The van der Waals surface area contributed by atoms with Gasteiger partial charge in [0.15, 0.2) is 0 Å². The average molecular weight is 323 g/mol. The van der Waals surface area contributed by atoms with Gasteiger partial charge in [-0.15, -0.1) is 0 Å². The van der Waals surface area contributed by atoms with E-state index in [0.29, 0.717) is 5.92 Å². The molecule has 1 aromatic carbocycles. The van der Waals surface area contributed by atoms with Crippen LogP contribution in [0.25, 0.3) is 11.0 Å². The van der Waals surface area contributed by atoms with Crippen molar-refractivity contribution in [3.8, 4) is 0 Å². The van der Waals surface area contributed by atoms with Gasteiger partial charge in [0.25, 0.3) is 0 Å². The summed E-state index contributed by atoms with van der Waals surface area (Å²) >= 11 is 0. The number of piperidine rings is 1.